The van der Waals surface area contributed by atoms with Crippen molar-refractivity contribution in [2.75, 3.05) is 52.4 Å². The van der Waals surface area contributed by atoms with Crippen molar-refractivity contribution in [3.8, 4) is 11.5 Å². The van der Waals surface area contributed by atoms with E-state index in [2.05, 4.69) is 10.2 Å². The van der Waals surface area contributed by atoms with E-state index in [0.29, 0.717) is 29.1 Å². The van der Waals surface area contributed by atoms with Gasteiger partial charge in [0.15, 0.2) is 0 Å². The second-order valence-electron chi connectivity index (χ2n) is 7.94. The van der Waals surface area contributed by atoms with Crippen LogP contribution in [0.3, 0.4) is 0 Å². The molecule has 8 heteroatoms. The number of carbonyl (C=O) groups excluding carboxylic acids is 1. The van der Waals surface area contributed by atoms with Crippen molar-refractivity contribution in [2.45, 2.75) is 13.0 Å². The summed E-state index contributed by atoms with van der Waals surface area (Å²) in [5.41, 5.74) is 1.27. The second kappa shape index (κ2) is 10.5. The highest BCUT2D eigenvalue weighted by Crippen LogP contribution is 2.26. The molecular weight excluding hydrogens is 422 g/mol. The predicted octanol–water partition coefficient (Wildman–Crippen LogP) is 2.53. The first kappa shape index (κ1) is 22.8. The summed E-state index contributed by atoms with van der Waals surface area (Å²) in [7, 11) is 3.15. The molecule has 174 valence electrons. The standard InChI is InChI=1S/C25H29N3O5/c1-31-19-6-7-23(32-2)18(16-19)17-24(29)26-22-5-3-4-21-20(22)8-9-28(25(21)30)11-10-27-12-14-33-15-13-27/h3-9,16H,10-15,17H2,1-2H3,(H,26,29). The number of ether oxygens (including phenoxy) is 3. The lowest BCUT2D eigenvalue weighted by atomic mass is 10.1. The van der Waals surface area contributed by atoms with Gasteiger partial charge in [0.1, 0.15) is 11.5 Å². The third-order valence-electron chi connectivity index (χ3n) is 5.89. The molecule has 0 aliphatic carbocycles. The van der Waals surface area contributed by atoms with Gasteiger partial charge >= 0.3 is 0 Å². The molecule has 0 spiro atoms. The number of benzene rings is 2. The maximum absolute atomic E-state index is 13.1. The zero-order valence-corrected chi connectivity index (χ0v) is 19.0. The Morgan fingerprint density at radius 1 is 1.03 bits per heavy atom. The third kappa shape index (κ3) is 5.35. The number of fused-ring (bicyclic) bond motifs is 1. The summed E-state index contributed by atoms with van der Waals surface area (Å²) in [6.07, 6.45) is 1.92. The van der Waals surface area contributed by atoms with Gasteiger partial charge in [-0.2, -0.15) is 0 Å². The summed E-state index contributed by atoms with van der Waals surface area (Å²) in [6, 6.07) is 12.6. The molecule has 0 unspecified atom stereocenters. The van der Waals surface area contributed by atoms with Crippen molar-refractivity contribution in [3.05, 3.63) is 64.6 Å². The van der Waals surface area contributed by atoms with Gasteiger partial charge in [0.2, 0.25) is 5.91 Å². The van der Waals surface area contributed by atoms with Gasteiger partial charge < -0.3 is 24.1 Å². The van der Waals surface area contributed by atoms with Crippen LogP contribution in [0.1, 0.15) is 5.56 Å². The third-order valence-corrected chi connectivity index (χ3v) is 5.89. The van der Waals surface area contributed by atoms with Crippen LogP contribution in [0, 0.1) is 0 Å². The Balaban J connectivity index is 1.51. The van der Waals surface area contributed by atoms with E-state index in [1.165, 1.54) is 0 Å². The van der Waals surface area contributed by atoms with Crippen molar-refractivity contribution in [3.63, 3.8) is 0 Å². The van der Waals surface area contributed by atoms with E-state index < -0.39 is 0 Å². The Hall–Kier alpha value is -3.36. The van der Waals surface area contributed by atoms with Gasteiger partial charge in [-0.25, -0.2) is 0 Å². The number of morpholine rings is 1. The molecule has 2 heterocycles. The average Bonchev–Trinajstić information content (AvgIpc) is 2.84. The van der Waals surface area contributed by atoms with Gasteiger partial charge in [-0.3, -0.25) is 14.5 Å². The molecule has 1 amide bonds. The minimum atomic E-state index is -0.203. The van der Waals surface area contributed by atoms with E-state index in [-0.39, 0.29) is 17.9 Å². The summed E-state index contributed by atoms with van der Waals surface area (Å²) in [5.74, 6) is 1.07. The van der Waals surface area contributed by atoms with Crippen LogP contribution in [0.25, 0.3) is 10.8 Å². The van der Waals surface area contributed by atoms with Crippen LogP contribution < -0.4 is 20.3 Å². The van der Waals surface area contributed by atoms with Gasteiger partial charge in [-0.05, 0) is 36.4 Å². The topological polar surface area (TPSA) is 82.0 Å². The minimum absolute atomic E-state index is 0.0636. The lowest BCUT2D eigenvalue weighted by Crippen LogP contribution is -2.39. The first-order chi connectivity index (χ1) is 16.1. The van der Waals surface area contributed by atoms with E-state index in [0.717, 1.165) is 43.8 Å². The van der Waals surface area contributed by atoms with E-state index in [9.17, 15) is 9.59 Å². The van der Waals surface area contributed by atoms with Crippen LogP contribution in [-0.4, -0.2) is 62.4 Å². The normalized spacial score (nSPS) is 14.2. The van der Waals surface area contributed by atoms with E-state index in [1.807, 2.05) is 6.07 Å². The molecule has 4 rings (SSSR count). The molecule has 1 N–H and O–H groups in total. The Bertz CT molecular complexity index is 1180. The van der Waals surface area contributed by atoms with Crippen molar-refractivity contribution >= 4 is 22.4 Å². The number of methoxy groups -OCH3 is 2. The SMILES string of the molecule is COc1ccc(OC)c(CC(=O)Nc2cccc3c(=O)n(CCN4CCOCC4)ccc23)c1. The first-order valence-corrected chi connectivity index (χ1v) is 11.0. The molecule has 8 nitrogen and oxygen atoms in total. The van der Waals surface area contributed by atoms with Gasteiger partial charge in [0, 0.05) is 54.4 Å². The fraction of sp³-hybridized carbons (Fsp3) is 0.360. The summed E-state index contributed by atoms with van der Waals surface area (Å²) >= 11 is 0. The number of anilines is 1. The predicted molar refractivity (Wildman–Crippen MR) is 127 cm³/mol. The second-order valence-corrected chi connectivity index (χ2v) is 7.94. The van der Waals surface area contributed by atoms with Gasteiger partial charge in [-0.15, -0.1) is 0 Å². The molecule has 0 saturated carbocycles. The highest BCUT2D eigenvalue weighted by molar-refractivity contribution is 6.02. The first-order valence-electron chi connectivity index (χ1n) is 11.0. The number of aromatic nitrogens is 1. The molecular formula is C25H29N3O5. The van der Waals surface area contributed by atoms with Gasteiger partial charge in [-0.1, -0.05) is 6.07 Å². The van der Waals surface area contributed by atoms with Crippen molar-refractivity contribution in [1.82, 2.24) is 9.47 Å². The molecule has 1 saturated heterocycles. The zero-order valence-electron chi connectivity index (χ0n) is 19.0. The maximum atomic E-state index is 13.1. The molecule has 3 aromatic rings. The maximum Gasteiger partial charge on any atom is 0.258 e. The molecule has 2 aromatic carbocycles. The molecule has 1 aromatic heterocycles. The van der Waals surface area contributed by atoms with Crippen molar-refractivity contribution in [1.29, 1.82) is 0 Å². The molecule has 0 bridgehead atoms. The fourth-order valence-electron chi connectivity index (χ4n) is 4.06. The summed E-state index contributed by atoms with van der Waals surface area (Å²) in [5, 5.41) is 4.25. The fourth-order valence-corrected chi connectivity index (χ4v) is 4.06. The molecule has 0 atom stereocenters. The van der Waals surface area contributed by atoms with Crippen LogP contribution in [0.5, 0.6) is 11.5 Å². The molecule has 1 aliphatic rings. The zero-order chi connectivity index (χ0) is 23.2. The highest BCUT2D eigenvalue weighted by Gasteiger charge is 2.14. The lowest BCUT2D eigenvalue weighted by molar-refractivity contribution is -0.115. The molecule has 1 aliphatic heterocycles. The van der Waals surface area contributed by atoms with Crippen LogP contribution in [0.15, 0.2) is 53.5 Å². The number of amides is 1. The molecule has 0 radical (unpaired) electrons. The quantitative estimate of drug-likeness (QED) is 0.567. The monoisotopic (exact) mass is 451 g/mol. The number of rotatable bonds is 8. The van der Waals surface area contributed by atoms with Crippen LogP contribution in [-0.2, 0) is 22.5 Å². The smallest absolute Gasteiger partial charge is 0.258 e. The average molecular weight is 452 g/mol. The van der Waals surface area contributed by atoms with Crippen molar-refractivity contribution in [2.24, 2.45) is 0 Å². The minimum Gasteiger partial charge on any atom is -0.497 e. The van der Waals surface area contributed by atoms with Crippen LogP contribution >= 0.6 is 0 Å². The lowest BCUT2D eigenvalue weighted by Gasteiger charge is -2.26. The number of hydrogen-bond donors (Lipinski definition) is 1. The van der Waals surface area contributed by atoms with Crippen LogP contribution in [0.4, 0.5) is 5.69 Å². The Kier molecular flexibility index (Phi) is 7.26. The number of hydrogen-bond acceptors (Lipinski definition) is 6. The number of pyridine rings is 1. The molecule has 1 fully saturated rings. The Labute approximate surface area is 192 Å². The summed E-state index contributed by atoms with van der Waals surface area (Å²) < 4.78 is 17.7. The highest BCUT2D eigenvalue weighted by atomic mass is 16.5. The number of nitrogens with zero attached hydrogens (tertiary/aromatic N) is 2. The van der Waals surface area contributed by atoms with Crippen molar-refractivity contribution < 1.29 is 19.0 Å². The molecule has 33 heavy (non-hydrogen) atoms. The largest absolute Gasteiger partial charge is 0.497 e. The number of carbonyl (C=O) groups is 1. The van der Waals surface area contributed by atoms with E-state index in [4.69, 9.17) is 14.2 Å². The Morgan fingerprint density at radius 3 is 2.61 bits per heavy atom. The summed E-state index contributed by atoms with van der Waals surface area (Å²) in [6.45, 7) is 4.65. The van der Waals surface area contributed by atoms with E-state index >= 15 is 0 Å². The van der Waals surface area contributed by atoms with Gasteiger partial charge in [0.25, 0.3) is 5.56 Å². The number of nitrogens with one attached hydrogen (secondary N) is 1. The van der Waals surface area contributed by atoms with Gasteiger partial charge in [0.05, 0.1) is 33.9 Å². The Morgan fingerprint density at radius 2 is 1.85 bits per heavy atom. The van der Waals surface area contributed by atoms with E-state index in [1.54, 1.807) is 61.4 Å². The summed E-state index contributed by atoms with van der Waals surface area (Å²) in [4.78, 5) is 28.2. The van der Waals surface area contributed by atoms with Crippen LogP contribution in [0.2, 0.25) is 0 Å².